The summed E-state index contributed by atoms with van der Waals surface area (Å²) in [6, 6.07) is 5.45. The largest absolute Gasteiger partial charge is 0.324 e. The van der Waals surface area contributed by atoms with Gasteiger partial charge in [0.05, 0.1) is 0 Å². The van der Waals surface area contributed by atoms with Gasteiger partial charge in [0.2, 0.25) is 0 Å². The second kappa shape index (κ2) is 3.13. The zero-order valence-corrected chi connectivity index (χ0v) is 6.28. The van der Waals surface area contributed by atoms with Gasteiger partial charge in [0.1, 0.15) is 11.8 Å². The SMILES string of the molecule is CC(N)c1cccnc1C#N. The first-order valence-corrected chi connectivity index (χ1v) is 3.36. The van der Waals surface area contributed by atoms with Gasteiger partial charge in [-0.3, -0.25) is 0 Å². The van der Waals surface area contributed by atoms with Crippen LogP contribution < -0.4 is 5.73 Å². The van der Waals surface area contributed by atoms with Crippen molar-refractivity contribution in [1.82, 2.24) is 4.98 Å². The van der Waals surface area contributed by atoms with Crippen LogP contribution in [0.5, 0.6) is 0 Å². The van der Waals surface area contributed by atoms with Crippen molar-refractivity contribution in [2.75, 3.05) is 0 Å². The monoisotopic (exact) mass is 147 g/mol. The molecule has 1 rings (SSSR count). The molecule has 0 aliphatic heterocycles. The summed E-state index contributed by atoms with van der Waals surface area (Å²) in [6.45, 7) is 1.83. The van der Waals surface area contributed by atoms with Gasteiger partial charge >= 0.3 is 0 Å². The second-order valence-corrected chi connectivity index (χ2v) is 2.34. The van der Waals surface area contributed by atoms with Gasteiger partial charge in [0.25, 0.3) is 0 Å². The molecular weight excluding hydrogens is 138 g/mol. The third-order valence-corrected chi connectivity index (χ3v) is 1.44. The molecule has 0 aliphatic rings. The molecule has 1 heterocycles. The molecule has 2 N–H and O–H groups in total. The molecule has 0 fully saturated rings. The maximum Gasteiger partial charge on any atom is 0.145 e. The molecule has 3 heteroatoms. The number of hydrogen-bond acceptors (Lipinski definition) is 3. The van der Waals surface area contributed by atoms with Crippen molar-refractivity contribution in [3.8, 4) is 6.07 Å². The summed E-state index contributed by atoms with van der Waals surface area (Å²) in [5.41, 5.74) is 6.82. The van der Waals surface area contributed by atoms with Gasteiger partial charge in [-0.1, -0.05) is 6.07 Å². The van der Waals surface area contributed by atoms with Gasteiger partial charge < -0.3 is 5.73 Å². The van der Waals surface area contributed by atoms with Gasteiger partial charge in [-0.15, -0.1) is 0 Å². The predicted octanol–water partition coefficient (Wildman–Crippen LogP) is 0.973. The summed E-state index contributed by atoms with van der Waals surface area (Å²) in [4.78, 5) is 3.88. The highest BCUT2D eigenvalue weighted by Gasteiger charge is 2.04. The molecule has 1 aromatic heterocycles. The summed E-state index contributed by atoms with van der Waals surface area (Å²) in [6.07, 6.45) is 1.59. The Morgan fingerprint density at radius 1 is 1.73 bits per heavy atom. The van der Waals surface area contributed by atoms with Crippen LogP contribution in [0, 0.1) is 11.3 Å². The summed E-state index contributed by atoms with van der Waals surface area (Å²) >= 11 is 0. The summed E-state index contributed by atoms with van der Waals surface area (Å²) < 4.78 is 0. The zero-order chi connectivity index (χ0) is 8.27. The minimum Gasteiger partial charge on any atom is -0.324 e. The second-order valence-electron chi connectivity index (χ2n) is 2.34. The average Bonchev–Trinajstić information content (AvgIpc) is 2.04. The highest BCUT2D eigenvalue weighted by atomic mass is 14.7. The van der Waals surface area contributed by atoms with Crippen molar-refractivity contribution in [1.29, 1.82) is 5.26 Å². The maximum absolute atomic E-state index is 8.60. The van der Waals surface area contributed by atoms with Crippen molar-refractivity contribution >= 4 is 0 Å². The Morgan fingerprint density at radius 2 is 2.45 bits per heavy atom. The van der Waals surface area contributed by atoms with Crippen molar-refractivity contribution in [3.05, 3.63) is 29.6 Å². The Kier molecular flexibility index (Phi) is 2.19. The molecule has 0 radical (unpaired) electrons. The van der Waals surface area contributed by atoms with Crippen LogP contribution in [0.3, 0.4) is 0 Å². The molecule has 3 nitrogen and oxygen atoms in total. The van der Waals surface area contributed by atoms with Crippen molar-refractivity contribution in [2.24, 2.45) is 5.73 Å². The van der Waals surface area contributed by atoms with Gasteiger partial charge in [0, 0.05) is 17.8 Å². The van der Waals surface area contributed by atoms with E-state index in [1.165, 1.54) is 0 Å². The van der Waals surface area contributed by atoms with E-state index in [2.05, 4.69) is 4.98 Å². The van der Waals surface area contributed by atoms with E-state index in [4.69, 9.17) is 11.0 Å². The van der Waals surface area contributed by atoms with Crippen LogP contribution in [0.4, 0.5) is 0 Å². The predicted molar refractivity (Wildman–Crippen MR) is 41.6 cm³/mol. The number of nitrogens with two attached hydrogens (primary N) is 1. The van der Waals surface area contributed by atoms with E-state index in [-0.39, 0.29) is 6.04 Å². The van der Waals surface area contributed by atoms with E-state index in [0.29, 0.717) is 5.69 Å². The van der Waals surface area contributed by atoms with E-state index in [9.17, 15) is 0 Å². The Hall–Kier alpha value is -1.40. The highest BCUT2D eigenvalue weighted by molar-refractivity contribution is 5.32. The molecule has 0 amide bonds. The molecule has 0 bridgehead atoms. The number of hydrogen-bond donors (Lipinski definition) is 1. The standard InChI is InChI=1S/C8H9N3/c1-6(10)7-3-2-4-11-8(7)5-9/h2-4,6H,10H2,1H3. The molecule has 1 atom stereocenters. The van der Waals surface area contributed by atoms with Gasteiger partial charge in [-0.05, 0) is 13.0 Å². The lowest BCUT2D eigenvalue weighted by Crippen LogP contribution is -2.07. The lowest BCUT2D eigenvalue weighted by molar-refractivity contribution is 0.807. The molecular formula is C8H9N3. The third-order valence-electron chi connectivity index (χ3n) is 1.44. The lowest BCUT2D eigenvalue weighted by atomic mass is 10.1. The minimum atomic E-state index is -0.127. The number of pyridine rings is 1. The van der Waals surface area contributed by atoms with Crippen LogP contribution in [-0.2, 0) is 0 Å². The highest BCUT2D eigenvalue weighted by Crippen LogP contribution is 2.11. The van der Waals surface area contributed by atoms with Crippen LogP contribution in [0.25, 0.3) is 0 Å². The molecule has 11 heavy (non-hydrogen) atoms. The quantitative estimate of drug-likeness (QED) is 0.643. The number of nitriles is 1. The van der Waals surface area contributed by atoms with E-state index in [1.807, 2.05) is 19.1 Å². The molecule has 0 aliphatic carbocycles. The molecule has 0 saturated carbocycles. The Balaban J connectivity index is 3.15. The molecule has 0 spiro atoms. The normalized spacial score (nSPS) is 12.1. The zero-order valence-electron chi connectivity index (χ0n) is 6.28. The van der Waals surface area contributed by atoms with Crippen LogP contribution in [0.1, 0.15) is 24.2 Å². The number of rotatable bonds is 1. The first kappa shape index (κ1) is 7.70. The van der Waals surface area contributed by atoms with Crippen molar-refractivity contribution in [3.63, 3.8) is 0 Å². The summed E-state index contributed by atoms with van der Waals surface area (Å²) in [5, 5.41) is 8.60. The fourth-order valence-corrected chi connectivity index (χ4v) is 0.879. The lowest BCUT2D eigenvalue weighted by Gasteiger charge is -2.04. The third kappa shape index (κ3) is 1.54. The van der Waals surface area contributed by atoms with Gasteiger partial charge in [-0.25, -0.2) is 4.98 Å². The molecule has 56 valence electrons. The Bertz CT molecular complexity index is 286. The number of nitrogens with zero attached hydrogens (tertiary/aromatic N) is 2. The first-order chi connectivity index (χ1) is 5.25. The molecule has 0 saturated heterocycles. The summed E-state index contributed by atoms with van der Waals surface area (Å²) in [7, 11) is 0. The first-order valence-electron chi connectivity index (χ1n) is 3.36. The smallest absolute Gasteiger partial charge is 0.145 e. The van der Waals surface area contributed by atoms with Crippen molar-refractivity contribution < 1.29 is 0 Å². The van der Waals surface area contributed by atoms with E-state index < -0.39 is 0 Å². The Morgan fingerprint density at radius 3 is 2.91 bits per heavy atom. The fraction of sp³-hybridized carbons (Fsp3) is 0.250. The topological polar surface area (TPSA) is 62.7 Å². The van der Waals surface area contributed by atoms with Crippen LogP contribution in [0.15, 0.2) is 18.3 Å². The summed E-state index contributed by atoms with van der Waals surface area (Å²) in [5.74, 6) is 0. The molecule has 1 unspecified atom stereocenters. The van der Waals surface area contributed by atoms with Gasteiger partial charge in [0.15, 0.2) is 0 Å². The average molecular weight is 147 g/mol. The molecule has 0 aromatic carbocycles. The van der Waals surface area contributed by atoms with Crippen LogP contribution in [0.2, 0.25) is 0 Å². The fourth-order valence-electron chi connectivity index (χ4n) is 0.879. The maximum atomic E-state index is 8.60. The van der Waals surface area contributed by atoms with E-state index >= 15 is 0 Å². The van der Waals surface area contributed by atoms with E-state index in [1.54, 1.807) is 12.3 Å². The number of aromatic nitrogens is 1. The van der Waals surface area contributed by atoms with E-state index in [0.717, 1.165) is 5.56 Å². The minimum absolute atomic E-state index is 0.127. The van der Waals surface area contributed by atoms with Crippen LogP contribution >= 0.6 is 0 Å². The van der Waals surface area contributed by atoms with Crippen molar-refractivity contribution in [2.45, 2.75) is 13.0 Å². The Labute approximate surface area is 65.5 Å². The van der Waals surface area contributed by atoms with Crippen LogP contribution in [-0.4, -0.2) is 4.98 Å². The molecule has 1 aromatic rings. The van der Waals surface area contributed by atoms with Gasteiger partial charge in [-0.2, -0.15) is 5.26 Å².